The summed E-state index contributed by atoms with van der Waals surface area (Å²) in [4.78, 5) is 111. The number of aromatic amines is 2. The van der Waals surface area contributed by atoms with Crippen LogP contribution in [0, 0.1) is 0 Å². The van der Waals surface area contributed by atoms with E-state index in [1.165, 1.54) is 41.0 Å². The molecule has 1 saturated heterocycles. The van der Waals surface area contributed by atoms with Crippen molar-refractivity contribution >= 4 is 73.8 Å². The zero-order chi connectivity index (χ0) is 50.8. The van der Waals surface area contributed by atoms with Crippen LogP contribution in [0.1, 0.15) is 81.5 Å². The van der Waals surface area contributed by atoms with Crippen LogP contribution in [-0.2, 0) is 52.8 Å². The molecule has 7 atom stereocenters. The van der Waals surface area contributed by atoms with Gasteiger partial charge >= 0.3 is 0 Å². The number of nitrogens with zero attached hydrogens (tertiary/aromatic N) is 1. The first kappa shape index (κ1) is 54.4. The molecule has 20 nitrogen and oxygen atoms in total. The topological polar surface area (TPSA) is 315 Å². The summed E-state index contributed by atoms with van der Waals surface area (Å²) in [6.07, 6.45) is 8.01. The summed E-state index contributed by atoms with van der Waals surface area (Å²) >= 11 is 0. The van der Waals surface area contributed by atoms with Gasteiger partial charge in [-0.3, -0.25) is 33.6 Å². The molecule has 0 bridgehead atoms. The van der Waals surface area contributed by atoms with E-state index >= 15 is 0 Å². The molecule has 7 amide bonds. The van der Waals surface area contributed by atoms with Crippen LogP contribution in [0.2, 0.25) is 0 Å². The van der Waals surface area contributed by atoms with E-state index in [0.717, 1.165) is 35.7 Å². The number of fused-ring (bicyclic) bond motifs is 1. The van der Waals surface area contributed by atoms with Crippen molar-refractivity contribution in [2.24, 2.45) is 5.73 Å². The van der Waals surface area contributed by atoms with Crippen LogP contribution in [0.25, 0.3) is 10.9 Å². The number of para-hydroxylation sites is 1. The van der Waals surface area contributed by atoms with Crippen LogP contribution in [0.3, 0.4) is 0 Å². The van der Waals surface area contributed by atoms with Crippen molar-refractivity contribution in [3.63, 3.8) is 0 Å². The highest BCUT2D eigenvalue weighted by Crippen LogP contribution is 2.48. The molecule has 71 heavy (non-hydrogen) atoms. The standard InChI is InChI=1S/C49H67N11O9S2/c1-30(62)42-48(69)59-40(43(64)52-20-21-61)28-70-71-49(17-9-3-10-18-49)25-41(63)55-37(22-31-12-4-2-5-13-31)45(66)58-39(24-33-27-51-29-54-33)47(68)57-38(23-32-26-53-35-15-7-6-14-34(32)35)46(67)56-36(44(65)60-42)16-8-11-19-50/h2,4-7,12-15,26-27,29-30,36-40,42,53,61-62H,3,8-11,16-25,28,50H2,1H3,(H,51,54)(H,52,64)(H,55,63)(H,56,67)(H,57,68)(H,58,66)(H,59,69)(H,60,65)/t30-,36+,37+,38+,39+,40+,42+/m1/s1. The van der Waals surface area contributed by atoms with Crippen molar-refractivity contribution in [1.82, 2.24) is 52.2 Å². The van der Waals surface area contributed by atoms with E-state index in [0.29, 0.717) is 36.9 Å². The highest BCUT2D eigenvalue weighted by molar-refractivity contribution is 8.77. The normalized spacial score (nSPS) is 23.9. The number of carbonyl (C=O) groups is 7. The fourth-order valence-electron chi connectivity index (χ4n) is 8.85. The number of imidazole rings is 1. The lowest BCUT2D eigenvalue weighted by molar-refractivity contribution is -0.136. The summed E-state index contributed by atoms with van der Waals surface area (Å²) in [7, 11) is 2.70. The number of nitrogens with one attached hydrogen (secondary N) is 9. The van der Waals surface area contributed by atoms with Gasteiger partial charge in [-0.15, -0.1) is 0 Å². The second kappa shape index (κ2) is 27.0. The predicted octanol–water partition coefficient (Wildman–Crippen LogP) is 0.934. The molecule has 0 radical (unpaired) electrons. The van der Waals surface area contributed by atoms with Gasteiger partial charge in [-0.1, -0.05) is 89.4 Å². The number of carbonyl (C=O) groups excluding carboxylic acids is 7. The molecule has 6 rings (SSSR count). The monoisotopic (exact) mass is 1020 g/mol. The summed E-state index contributed by atoms with van der Waals surface area (Å²) in [5.41, 5.74) is 8.51. The van der Waals surface area contributed by atoms with E-state index < -0.39 is 88.5 Å². The van der Waals surface area contributed by atoms with Gasteiger partial charge < -0.3 is 63.1 Å². The Labute approximate surface area is 420 Å². The van der Waals surface area contributed by atoms with Gasteiger partial charge in [-0.05, 0) is 62.8 Å². The van der Waals surface area contributed by atoms with Gasteiger partial charge in [0.1, 0.15) is 36.3 Å². The SMILES string of the molecule is C[C@@H](O)[C@@H]1NC(=O)[C@H](CCCCN)NC(=O)[C@H](Cc2c[nH]c3ccccc23)NC(=O)[C@H](Cc2cnc[nH]2)NC(=O)[C@H](Cc2ccccc2)NC(=O)CC2(CCCCC2)SSC[C@@H](C(=O)NCCO)NC1=O. The van der Waals surface area contributed by atoms with Crippen molar-refractivity contribution in [2.45, 2.75) is 131 Å². The van der Waals surface area contributed by atoms with E-state index in [1.807, 2.05) is 54.6 Å². The Morgan fingerprint density at radius 3 is 2.13 bits per heavy atom. The molecule has 13 N–H and O–H groups in total. The first-order valence-electron chi connectivity index (χ1n) is 24.2. The van der Waals surface area contributed by atoms with Gasteiger partial charge in [-0.25, -0.2) is 4.98 Å². The van der Waals surface area contributed by atoms with Gasteiger partial charge in [0.05, 0.1) is 19.0 Å². The van der Waals surface area contributed by atoms with Gasteiger partial charge in [0.25, 0.3) is 0 Å². The quantitative estimate of drug-likeness (QED) is 0.0619. The Hall–Kier alpha value is -5.94. The van der Waals surface area contributed by atoms with E-state index in [-0.39, 0.29) is 57.6 Å². The molecule has 1 spiro atoms. The van der Waals surface area contributed by atoms with Crippen LogP contribution in [0.4, 0.5) is 0 Å². The lowest BCUT2D eigenvalue weighted by Crippen LogP contribution is -2.62. The maximum Gasteiger partial charge on any atom is 0.245 e. The molecule has 1 aliphatic carbocycles. The lowest BCUT2D eigenvalue weighted by atomic mass is 9.85. The van der Waals surface area contributed by atoms with Crippen LogP contribution in [0.15, 0.2) is 73.3 Å². The third-order valence-electron chi connectivity index (χ3n) is 12.7. The van der Waals surface area contributed by atoms with E-state index in [9.17, 15) is 43.8 Å². The molecule has 2 aromatic heterocycles. The minimum absolute atomic E-state index is 0.00485. The number of nitrogens with two attached hydrogens (primary N) is 1. The van der Waals surface area contributed by atoms with Crippen molar-refractivity contribution in [1.29, 1.82) is 0 Å². The number of hydrogen-bond donors (Lipinski definition) is 12. The molecule has 1 saturated carbocycles. The van der Waals surface area contributed by atoms with E-state index in [2.05, 4.69) is 52.2 Å². The fourth-order valence-corrected chi connectivity index (χ4v) is 12.2. The van der Waals surface area contributed by atoms with Gasteiger partial charge in [-0.2, -0.15) is 0 Å². The predicted molar refractivity (Wildman–Crippen MR) is 271 cm³/mol. The molecule has 2 fully saturated rings. The molecule has 2 aromatic carbocycles. The Morgan fingerprint density at radius 1 is 0.789 bits per heavy atom. The average molecular weight is 1020 g/mol. The van der Waals surface area contributed by atoms with Crippen LogP contribution >= 0.6 is 21.6 Å². The average Bonchev–Trinajstić information content (AvgIpc) is 4.03. The molecule has 1 aliphatic heterocycles. The van der Waals surface area contributed by atoms with E-state index in [4.69, 9.17) is 5.73 Å². The first-order chi connectivity index (χ1) is 34.3. The number of benzene rings is 2. The molecular weight excluding hydrogens is 951 g/mol. The van der Waals surface area contributed by atoms with Crippen LogP contribution in [0.5, 0.6) is 0 Å². The second-order valence-electron chi connectivity index (χ2n) is 18.2. The summed E-state index contributed by atoms with van der Waals surface area (Å²) in [6, 6.07) is 8.68. The third-order valence-corrected chi connectivity index (χ3v) is 16.0. The molecular formula is C49H67N11O9S2. The zero-order valence-electron chi connectivity index (χ0n) is 39.9. The third kappa shape index (κ3) is 16.0. The summed E-state index contributed by atoms with van der Waals surface area (Å²) in [5.74, 6) is -4.86. The van der Waals surface area contributed by atoms with Crippen molar-refractivity contribution in [3.8, 4) is 0 Å². The Morgan fingerprint density at radius 2 is 1.45 bits per heavy atom. The number of aromatic nitrogens is 3. The summed E-state index contributed by atoms with van der Waals surface area (Å²) in [6.45, 7) is 1.13. The lowest BCUT2D eigenvalue weighted by Gasteiger charge is -2.36. The van der Waals surface area contributed by atoms with Gasteiger partial charge in [0.2, 0.25) is 41.4 Å². The number of rotatable bonds is 14. The number of aliphatic hydroxyl groups excluding tert-OH is 2. The van der Waals surface area contributed by atoms with Crippen molar-refractivity contribution in [2.75, 3.05) is 25.4 Å². The zero-order valence-corrected chi connectivity index (χ0v) is 41.5. The highest BCUT2D eigenvalue weighted by atomic mass is 33.1. The Bertz CT molecular complexity index is 2400. The molecule has 2 aliphatic rings. The highest BCUT2D eigenvalue weighted by Gasteiger charge is 2.39. The summed E-state index contributed by atoms with van der Waals surface area (Å²) < 4.78 is -0.621. The maximum atomic E-state index is 14.7. The van der Waals surface area contributed by atoms with Crippen molar-refractivity contribution in [3.05, 3.63) is 90.1 Å². The second-order valence-corrected chi connectivity index (χ2v) is 21.0. The smallest absolute Gasteiger partial charge is 0.245 e. The molecule has 3 heterocycles. The minimum Gasteiger partial charge on any atom is -0.395 e. The maximum absolute atomic E-state index is 14.7. The van der Waals surface area contributed by atoms with E-state index in [1.54, 1.807) is 6.20 Å². The fraction of sp³-hybridized carbons (Fsp3) is 0.510. The van der Waals surface area contributed by atoms with Crippen LogP contribution < -0.4 is 43.0 Å². The summed E-state index contributed by atoms with van der Waals surface area (Å²) in [5, 5.41) is 40.6. The van der Waals surface area contributed by atoms with Gasteiger partial charge in [0.15, 0.2) is 0 Å². The number of hydrogen-bond acceptors (Lipinski definition) is 13. The van der Waals surface area contributed by atoms with Crippen LogP contribution in [-0.4, -0.2) is 139 Å². The number of amides is 7. The number of unbranched alkanes of at least 4 members (excludes halogenated alkanes) is 1. The molecule has 4 aromatic rings. The Balaban J connectivity index is 1.40. The minimum atomic E-state index is -1.59. The number of aliphatic hydroxyl groups is 2. The molecule has 22 heteroatoms. The Kier molecular flexibility index (Phi) is 20.7. The largest absolute Gasteiger partial charge is 0.395 e. The molecule has 384 valence electrons. The van der Waals surface area contributed by atoms with Crippen molar-refractivity contribution < 1.29 is 43.8 Å². The number of H-pyrrole nitrogens is 2. The van der Waals surface area contributed by atoms with Gasteiger partial charge in [0, 0.05) is 71.7 Å². The first-order valence-corrected chi connectivity index (χ1v) is 26.5. The molecule has 0 unspecified atom stereocenters.